The number of aryl methyl sites for hydroxylation is 1. The molecular formula is C17H20Cl2N4OS2. The number of likely N-dealkylation sites (tertiary alicyclic amines) is 1. The van der Waals surface area contributed by atoms with Crippen LogP contribution in [0.4, 0.5) is 0 Å². The molecule has 1 aromatic carbocycles. The molecule has 0 saturated carbocycles. The van der Waals surface area contributed by atoms with E-state index in [1.807, 2.05) is 25.1 Å². The van der Waals surface area contributed by atoms with Crippen LogP contribution in [0.25, 0.3) is 0 Å². The van der Waals surface area contributed by atoms with E-state index in [0.717, 1.165) is 48.1 Å². The molecule has 140 valence electrons. The van der Waals surface area contributed by atoms with Crippen LogP contribution in [-0.4, -0.2) is 45.8 Å². The second-order valence-electron chi connectivity index (χ2n) is 6.38. The van der Waals surface area contributed by atoms with Gasteiger partial charge in [-0.15, -0.1) is 16.9 Å². The van der Waals surface area contributed by atoms with Crippen molar-refractivity contribution in [3.05, 3.63) is 39.5 Å². The maximum Gasteiger partial charge on any atom is 0.230 e. The highest BCUT2D eigenvalue weighted by atomic mass is 35.5. The van der Waals surface area contributed by atoms with Gasteiger partial charge in [0.1, 0.15) is 4.21 Å². The van der Waals surface area contributed by atoms with Crippen molar-refractivity contribution in [2.45, 2.75) is 24.1 Å². The number of thioether (sulfide) groups is 1. The zero-order chi connectivity index (χ0) is 18.5. The summed E-state index contributed by atoms with van der Waals surface area (Å²) >= 11 is 14.9. The third-order valence-electron chi connectivity index (χ3n) is 4.29. The third kappa shape index (κ3) is 5.57. The monoisotopic (exact) mass is 430 g/mol. The lowest BCUT2D eigenvalue weighted by molar-refractivity contribution is -0.118. The molecule has 5 nitrogen and oxygen atoms in total. The molecule has 1 saturated heterocycles. The predicted molar refractivity (Wildman–Crippen MR) is 108 cm³/mol. The Morgan fingerprint density at radius 2 is 2.27 bits per heavy atom. The molecule has 1 aliphatic heterocycles. The molecule has 0 aliphatic carbocycles. The van der Waals surface area contributed by atoms with Crippen LogP contribution in [0.15, 0.2) is 22.4 Å². The van der Waals surface area contributed by atoms with Gasteiger partial charge in [0.2, 0.25) is 5.91 Å². The van der Waals surface area contributed by atoms with Crippen molar-refractivity contribution < 1.29 is 4.79 Å². The summed E-state index contributed by atoms with van der Waals surface area (Å²) < 4.78 is 4.89. The van der Waals surface area contributed by atoms with Crippen LogP contribution >= 0.6 is 46.5 Å². The van der Waals surface area contributed by atoms with Crippen LogP contribution in [0, 0.1) is 12.8 Å². The molecule has 1 aromatic heterocycles. The van der Waals surface area contributed by atoms with Crippen LogP contribution < -0.4 is 5.32 Å². The van der Waals surface area contributed by atoms with E-state index in [4.69, 9.17) is 23.2 Å². The second-order valence-corrected chi connectivity index (χ2v) is 9.19. The molecule has 0 bridgehead atoms. The van der Waals surface area contributed by atoms with E-state index in [-0.39, 0.29) is 5.91 Å². The number of carbonyl (C=O) groups is 1. The van der Waals surface area contributed by atoms with E-state index in [2.05, 4.69) is 19.8 Å². The lowest BCUT2D eigenvalue weighted by Crippen LogP contribution is -2.32. The van der Waals surface area contributed by atoms with Crippen molar-refractivity contribution in [1.29, 1.82) is 0 Å². The first-order valence-corrected chi connectivity index (χ1v) is 10.9. The summed E-state index contributed by atoms with van der Waals surface area (Å²) in [5, 5.41) is 8.17. The average Bonchev–Trinajstić information content (AvgIpc) is 3.23. The highest BCUT2D eigenvalue weighted by Gasteiger charge is 2.23. The zero-order valence-corrected chi connectivity index (χ0v) is 17.5. The summed E-state index contributed by atoms with van der Waals surface area (Å²) in [5.41, 5.74) is 2.05. The van der Waals surface area contributed by atoms with Crippen molar-refractivity contribution in [3.63, 3.8) is 0 Å². The largest absolute Gasteiger partial charge is 0.355 e. The van der Waals surface area contributed by atoms with Crippen LogP contribution in [0.2, 0.25) is 10.0 Å². The standard InChI is InChI=1S/C17H20Cl2N4OS2/c1-11-17(26-22-21-11)25-10-16(24)20-7-13-4-5-23(9-13)8-12-2-3-14(18)15(19)6-12/h2-3,6,13H,4-5,7-10H2,1H3,(H,20,24). The summed E-state index contributed by atoms with van der Waals surface area (Å²) in [7, 11) is 0. The number of carbonyl (C=O) groups excluding carboxylic acids is 1. The maximum atomic E-state index is 12.0. The van der Waals surface area contributed by atoms with E-state index >= 15 is 0 Å². The molecular weight excluding hydrogens is 411 g/mol. The molecule has 1 unspecified atom stereocenters. The van der Waals surface area contributed by atoms with Gasteiger partial charge >= 0.3 is 0 Å². The van der Waals surface area contributed by atoms with E-state index in [1.165, 1.54) is 23.3 Å². The molecule has 26 heavy (non-hydrogen) atoms. The van der Waals surface area contributed by atoms with Crippen molar-refractivity contribution in [3.8, 4) is 0 Å². The molecule has 1 amide bonds. The molecule has 2 heterocycles. The predicted octanol–water partition coefficient (Wildman–Crippen LogP) is 3.88. The Morgan fingerprint density at radius 3 is 3.00 bits per heavy atom. The fourth-order valence-electron chi connectivity index (χ4n) is 2.92. The lowest BCUT2D eigenvalue weighted by atomic mass is 10.1. The molecule has 0 spiro atoms. The Hall–Kier alpha value is -0.860. The summed E-state index contributed by atoms with van der Waals surface area (Å²) in [6, 6.07) is 5.77. The smallest absolute Gasteiger partial charge is 0.230 e. The number of amides is 1. The van der Waals surface area contributed by atoms with Gasteiger partial charge in [0.05, 0.1) is 21.5 Å². The molecule has 1 N–H and O–H groups in total. The number of hydrogen-bond acceptors (Lipinski definition) is 6. The minimum atomic E-state index is 0.0609. The molecule has 2 aromatic rings. The van der Waals surface area contributed by atoms with Gasteiger partial charge in [-0.1, -0.05) is 33.8 Å². The summed E-state index contributed by atoms with van der Waals surface area (Å²) in [6.45, 7) is 5.49. The number of nitrogens with zero attached hydrogens (tertiary/aromatic N) is 3. The number of halogens is 2. The van der Waals surface area contributed by atoms with E-state index in [9.17, 15) is 4.79 Å². The highest BCUT2D eigenvalue weighted by Crippen LogP contribution is 2.25. The van der Waals surface area contributed by atoms with Crippen LogP contribution in [0.5, 0.6) is 0 Å². The Bertz CT molecular complexity index is 771. The number of aromatic nitrogens is 2. The SMILES string of the molecule is Cc1nnsc1SCC(=O)NCC1CCN(Cc2ccc(Cl)c(Cl)c2)C1. The Morgan fingerprint density at radius 1 is 1.42 bits per heavy atom. The summed E-state index contributed by atoms with van der Waals surface area (Å²) in [6.07, 6.45) is 1.09. The number of nitrogens with one attached hydrogen (secondary N) is 1. The van der Waals surface area contributed by atoms with Crippen LogP contribution in [0.1, 0.15) is 17.7 Å². The maximum absolute atomic E-state index is 12.0. The average molecular weight is 431 g/mol. The number of hydrogen-bond donors (Lipinski definition) is 1. The minimum Gasteiger partial charge on any atom is -0.355 e. The van der Waals surface area contributed by atoms with E-state index in [0.29, 0.717) is 21.7 Å². The first kappa shape index (κ1) is 19.9. The number of rotatable bonds is 7. The lowest BCUT2D eigenvalue weighted by Gasteiger charge is -2.16. The normalized spacial score (nSPS) is 17.6. The van der Waals surface area contributed by atoms with Crippen molar-refractivity contribution >= 4 is 52.4 Å². The van der Waals surface area contributed by atoms with Crippen molar-refractivity contribution in [1.82, 2.24) is 19.8 Å². The Balaban J connectivity index is 1.38. The van der Waals surface area contributed by atoms with Gasteiger partial charge in [-0.05, 0) is 55.0 Å². The van der Waals surface area contributed by atoms with E-state index < -0.39 is 0 Å². The molecule has 1 aliphatic rings. The Labute approximate surface area is 171 Å². The fraction of sp³-hybridized carbons (Fsp3) is 0.471. The van der Waals surface area contributed by atoms with Crippen LogP contribution in [-0.2, 0) is 11.3 Å². The summed E-state index contributed by atoms with van der Waals surface area (Å²) in [5.74, 6) is 0.953. The van der Waals surface area contributed by atoms with Crippen molar-refractivity contribution in [2.24, 2.45) is 5.92 Å². The topological polar surface area (TPSA) is 58.1 Å². The van der Waals surface area contributed by atoms with Gasteiger partial charge in [0.15, 0.2) is 0 Å². The molecule has 9 heteroatoms. The first-order valence-electron chi connectivity index (χ1n) is 8.36. The minimum absolute atomic E-state index is 0.0609. The van der Waals surface area contributed by atoms with E-state index in [1.54, 1.807) is 0 Å². The second kappa shape index (κ2) is 9.37. The highest BCUT2D eigenvalue weighted by molar-refractivity contribution is 8.01. The molecule has 1 fully saturated rings. The van der Waals surface area contributed by atoms with Crippen molar-refractivity contribution in [2.75, 3.05) is 25.4 Å². The number of benzene rings is 1. The van der Waals surface area contributed by atoms with Crippen LogP contribution in [0.3, 0.4) is 0 Å². The van der Waals surface area contributed by atoms with Gasteiger partial charge in [0.25, 0.3) is 0 Å². The molecule has 0 radical (unpaired) electrons. The van der Waals surface area contributed by atoms with Gasteiger partial charge in [0, 0.05) is 19.6 Å². The van der Waals surface area contributed by atoms with Gasteiger partial charge < -0.3 is 5.32 Å². The quantitative estimate of drug-likeness (QED) is 0.675. The van der Waals surface area contributed by atoms with Gasteiger partial charge in [-0.3, -0.25) is 9.69 Å². The zero-order valence-electron chi connectivity index (χ0n) is 14.4. The third-order valence-corrected chi connectivity index (χ3v) is 7.20. The summed E-state index contributed by atoms with van der Waals surface area (Å²) in [4.78, 5) is 14.4. The first-order chi connectivity index (χ1) is 12.5. The molecule has 1 atom stereocenters. The Kier molecular flexibility index (Phi) is 7.17. The van der Waals surface area contributed by atoms with Gasteiger partial charge in [-0.2, -0.15) is 0 Å². The fourth-order valence-corrected chi connectivity index (χ4v) is 4.75. The van der Waals surface area contributed by atoms with Gasteiger partial charge in [-0.25, -0.2) is 0 Å². The molecule has 3 rings (SSSR count).